The maximum Gasteiger partial charge on any atom is 0.0874 e. The van der Waals surface area contributed by atoms with Gasteiger partial charge >= 0.3 is 0 Å². The van der Waals surface area contributed by atoms with Crippen molar-refractivity contribution in [3.63, 3.8) is 0 Å². The Kier molecular flexibility index (Phi) is 7.48. The van der Waals surface area contributed by atoms with Crippen molar-refractivity contribution >= 4 is 11.0 Å². The third-order valence-corrected chi connectivity index (χ3v) is 0. The lowest BCUT2D eigenvalue weighted by atomic mass is 10.5. The Balaban J connectivity index is 0. The van der Waals surface area contributed by atoms with Gasteiger partial charge in [-0.05, 0) is 24.8 Å². The molecular weight excluding hydrogens is 80.1 g/mol. The van der Waals surface area contributed by atoms with E-state index in [0.29, 0.717) is 0 Å². The van der Waals surface area contributed by atoms with Gasteiger partial charge in [0.25, 0.3) is 0 Å². The fourth-order valence-corrected chi connectivity index (χ4v) is 0. The van der Waals surface area contributed by atoms with Crippen LogP contribution in [0.15, 0.2) is 0 Å². The van der Waals surface area contributed by atoms with Gasteiger partial charge in [0.2, 0.25) is 0 Å². The average molecular weight is 91.2 g/mol. The first-order valence-electron chi connectivity index (χ1n) is 1.39. The van der Waals surface area contributed by atoms with Crippen molar-refractivity contribution in [1.82, 2.24) is 0 Å². The molecule has 0 atom stereocenters. The molecule has 0 aromatic carbocycles. The van der Waals surface area contributed by atoms with Crippen LogP contribution in [-0.4, -0.2) is 17.1 Å². The highest BCUT2D eigenvalue weighted by molar-refractivity contribution is 5.75. The quantitative estimate of drug-likeness (QED) is 0.354. The predicted molar refractivity (Wildman–Crippen MR) is 27.2 cm³/mol. The summed E-state index contributed by atoms with van der Waals surface area (Å²) in [4.78, 5) is 0. The molecule has 0 amide bonds. The Labute approximate surface area is 37.0 Å². The van der Waals surface area contributed by atoms with Crippen molar-refractivity contribution in [2.45, 2.75) is 20.0 Å². The lowest BCUT2D eigenvalue weighted by molar-refractivity contribution is 0.122. The molecule has 1 radical (unpaired) electrons. The van der Waals surface area contributed by atoms with Crippen molar-refractivity contribution in [3.8, 4) is 0 Å². The summed E-state index contributed by atoms with van der Waals surface area (Å²) >= 11 is 0. The highest BCUT2D eigenvalue weighted by Gasteiger charge is 1.73. The minimum Gasteiger partial charge on any atom is -0.234 e. The molecular formula is C3H11OSi. The van der Waals surface area contributed by atoms with Crippen molar-refractivity contribution in [2.75, 3.05) is 0 Å². The standard InChI is InChI=1S/C3H7O.H4Si/c1-3(2)4;/h3H,1-2H3;1H4. The summed E-state index contributed by atoms with van der Waals surface area (Å²) in [5.74, 6) is 0. The van der Waals surface area contributed by atoms with Crippen LogP contribution < -0.4 is 0 Å². The second kappa shape index (κ2) is 4.18. The first-order chi connectivity index (χ1) is 1.73. The molecule has 0 aromatic heterocycles. The number of rotatable bonds is 0. The SMILES string of the molecule is CC(C)[O].[SiH4]. The molecule has 0 bridgehead atoms. The Bertz CT molecular complexity index is 11.6. The van der Waals surface area contributed by atoms with Crippen LogP contribution in [0.5, 0.6) is 0 Å². The molecule has 0 rings (SSSR count). The van der Waals surface area contributed by atoms with E-state index in [9.17, 15) is 5.11 Å². The zero-order valence-electron chi connectivity index (χ0n) is 2.99. The minimum atomic E-state index is -0.417. The molecule has 0 spiro atoms. The zero-order valence-corrected chi connectivity index (χ0v) is 2.99. The molecule has 2 heteroatoms. The summed E-state index contributed by atoms with van der Waals surface area (Å²) in [7, 11) is 0. The molecule has 1 nitrogen and oxygen atoms in total. The van der Waals surface area contributed by atoms with E-state index in [1.165, 1.54) is 0 Å². The molecule has 0 aliphatic heterocycles. The average Bonchev–Trinajstić information content (AvgIpc) is 0.811. The van der Waals surface area contributed by atoms with Crippen LogP contribution in [0.4, 0.5) is 0 Å². The van der Waals surface area contributed by atoms with Crippen molar-refractivity contribution < 1.29 is 5.11 Å². The van der Waals surface area contributed by atoms with Crippen molar-refractivity contribution in [3.05, 3.63) is 0 Å². The van der Waals surface area contributed by atoms with Gasteiger partial charge in [-0.3, -0.25) is 0 Å². The van der Waals surface area contributed by atoms with Gasteiger partial charge in [-0.1, -0.05) is 0 Å². The number of hydrogen-bond donors (Lipinski definition) is 0. The second-order valence-corrected chi connectivity index (χ2v) is 1.05. The third-order valence-electron chi connectivity index (χ3n) is 0. The minimum absolute atomic E-state index is 0. The summed E-state index contributed by atoms with van der Waals surface area (Å²) in [5, 5.41) is 9.53. The highest BCUT2D eigenvalue weighted by Crippen LogP contribution is 1.67. The first kappa shape index (κ1) is 8.95. The molecule has 0 unspecified atom stereocenters. The Morgan fingerprint density at radius 2 is 1.40 bits per heavy atom. The maximum atomic E-state index is 9.53. The van der Waals surface area contributed by atoms with Crippen LogP contribution in [0.3, 0.4) is 0 Å². The lowest BCUT2D eigenvalue weighted by Gasteiger charge is -1.74. The largest absolute Gasteiger partial charge is 0.234 e. The molecule has 33 valence electrons. The van der Waals surface area contributed by atoms with Gasteiger partial charge in [-0.2, -0.15) is 0 Å². The summed E-state index contributed by atoms with van der Waals surface area (Å²) in [6, 6.07) is 0. The summed E-state index contributed by atoms with van der Waals surface area (Å²) in [6.07, 6.45) is -0.417. The predicted octanol–water partition coefficient (Wildman–Crippen LogP) is -0.626. The van der Waals surface area contributed by atoms with Crippen LogP contribution in [0, 0.1) is 0 Å². The van der Waals surface area contributed by atoms with E-state index >= 15 is 0 Å². The van der Waals surface area contributed by atoms with E-state index in [1.54, 1.807) is 13.8 Å². The van der Waals surface area contributed by atoms with Gasteiger partial charge in [-0.25, -0.2) is 5.11 Å². The summed E-state index contributed by atoms with van der Waals surface area (Å²) in [6.45, 7) is 3.22. The molecule has 0 N–H and O–H groups in total. The van der Waals surface area contributed by atoms with E-state index in [4.69, 9.17) is 0 Å². The van der Waals surface area contributed by atoms with Crippen LogP contribution in [0.2, 0.25) is 0 Å². The normalized spacial score (nSPS) is 7.20. The first-order valence-corrected chi connectivity index (χ1v) is 1.39. The summed E-state index contributed by atoms with van der Waals surface area (Å²) in [5.41, 5.74) is 0. The molecule has 0 heterocycles. The molecule has 5 heavy (non-hydrogen) atoms. The van der Waals surface area contributed by atoms with Gasteiger partial charge in [0, 0.05) is 0 Å². The van der Waals surface area contributed by atoms with Crippen molar-refractivity contribution in [1.29, 1.82) is 0 Å². The van der Waals surface area contributed by atoms with Crippen LogP contribution in [0.1, 0.15) is 13.8 Å². The molecule has 0 aliphatic carbocycles. The molecule has 0 saturated heterocycles. The number of hydrogen-bond acceptors (Lipinski definition) is 0. The van der Waals surface area contributed by atoms with Gasteiger partial charge < -0.3 is 0 Å². The monoisotopic (exact) mass is 91.1 g/mol. The van der Waals surface area contributed by atoms with Crippen LogP contribution in [0.25, 0.3) is 0 Å². The van der Waals surface area contributed by atoms with E-state index in [2.05, 4.69) is 0 Å². The third kappa shape index (κ3) is 633. The molecule has 0 aliphatic rings. The Morgan fingerprint density at radius 1 is 1.40 bits per heavy atom. The maximum absolute atomic E-state index is 9.53. The van der Waals surface area contributed by atoms with E-state index < -0.39 is 6.10 Å². The van der Waals surface area contributed by atoms with E-state index in [1.807, 2.05) is 0 Å². The topological polar surface area (TPSA) is 19.9 Å². The van der Waals surface area contributed by atoms with Crippen molar-refractivity contribution in [2.24, 2.45) is 0 Å². The smallest absolute Gasteiger partial charge is 0.0874 e. The van der Waals surface area contributed by atoms with Gasteiger partial charge in [0.05, 0.1) is 6.10 Å². The van der Waals surface area contributed by atoms with Crippen LogP contribution >= 0.6 is 0 Å². The van der Waals surface area contributed by atoms with Gasteiger partial charge in [-0.15, -0.1) is 0 Å². The Hall–Kier alpha value is 0.177. The molecule has 0 saturated carbocycles. The van der Waals surface area contributed by atoms with Gasteiger partial charge in [0.15, 0.2) is 0 Å². The fourth-order valence-electron chi connectivity index (χ4n) is 0. The lowest BCUT2D eigenvalue weighted by Crippen LogP contribution is -1.81. The van der Waals surface area contributed by atoms with E-state index in [0.717, 1.165) is 0 Å². The summed E-state index contributed by atoms with van der Waals surface area (Å²) < 4.78 is 0. The zero-order chi connectivity index (χ0) is 3.58. The van der Waals surface area contributed by atoms with Gasteiger partial charge in [0.1, 0.15) is 0 Å². The fraction of sp³-hybridized carbons (Fsp3) is 1.00. The molecule has 0 aromatic rings. The van der Waals surface area contributed by atoms with E-state index in [-0.39, 0.29) is 11.0 Å². The molecule has 0 fully saturated rings. The van der Waals surface area contributed by atoms with Crippen LogP contribution in [-0.2, 0) is 5.11 Å². The Morgan fingerprint density at radius 3 is 1.40 bits per heavy atom. The highest BCUT2D eigenvalue weighted by atomic mass is 28.1. The second-order valence-electron chi connectivity index (χ2n) is 1.05.